The maximum Gasteiger partial charge on any atom is 0.221 e. The fourth-order valence-corrected chi connectivity index (χ4v) is 6.70. The highest BCUT2D eigenvalue weighted by atomic mass is 15.2. The zero-order chi connectivity index (χ0) is 30.2. The number of imidazole rings is 2. The van der Waals surface area contributed by atoms with Crippen LogP contribution in [0.2, 0.25) is 0 Å². The molecule has 6 aromatic carbocycles. The molecule has 0 bridgehead atoms. The molecule has 0 saturated heterocycles. The summed E-state index contributed by atoms with van der Waals surface area (Å²) in [6.45, 7) is 0. The smallest absolute Gasteiger partial charge is 0.221 e. The topological polar surface area (TPSA) is 73.8 Å². The molecule has 0 saturated carbocycles. The second-order valence-corrected chi connectivity index (χ2v) is 11.4. The summed E-state index contributed by atoms with van der Waals surface area (Å²) in [5, 5.41) is 1.99. The molecule has 0 unspecified atom stereocenters. The van der Waals surface area contributed by atoms with Crippen molar-refractivity contribution in [1.82, 2.24) is 33.9 Å². The molecule has 0 atom stereocenters. The standard InChI is InChI=1S/C39H23N7/c1-2-11-24(12-3-1)25-13-10-14-26(21-25)30-22-40-35-27-15-4-5-16-28(27)36-38(37(35)42-30)44-34(23-41-36)46-33-20-9-8-19-32(33)45-31-18-7-6-17-29(31)43-39(45)46/h1-23H. The van der Waals surface area contributed by atoms with Crippen LogP contribution >= 0.6 is 0 Å². The van der Waals surface area contributed by atoms with Crippen LogP contribution in [-0.4, -0.2) is 33.9 Å². The summed E-state index contributed by atoms with van der Waals surface area (Å²) in [5.74, 6) is 1.45. The molecule has 0 amide bonds. The maximum atomic E-state index is 5.31. The molecule has 4 aromatic heterocycles. The molecule has 7 nitrogen and oxygen atoms in total. The molecule has 0 N–H and O–H groups in total. The van der Waals surface area contributed by atoms with Gasteiger partial charge in [-0.25, -0.2) is 19.9 Å². The fraction of sp³-hybridized carbons (Fsp3) is 0. The quantitative estimate of drug-likeness (QED) is 0.193. The maximum absolute atomic E-state index is 5.31. The SMILES string of the molecule is c1ccc(-c2cccc(-c3cnc4c5ccccc5c5ncc(-n6c7ccccc7n7c8ccccc8nc67)nc5c4n3)c2)cc1. The van der Waals surface area contributed by atoms with Gasteiger partial charge >= 0.3 is 0 Å². The van der Waals surface area contributed by atoms with Gasteiger partial charge in [-0.15, -0.1) is 0 Å². The highest BCUT2D eigenvalue weighted by molar-refractivity contribution is 6.20. The van der Waals surface area contributed by atoms with Crippen molar-refractivity contribution in [2.24, 2.45) is 0 Å². The van der Waals surface area contributed by atoms with Gasteiger partial charge in [0.25, 0.3) is 0 Å². The Morgan fingerprint density at radius 1 is 0.435 bits per heavy atom. The fourth-order valence-electron chi connectivity index (χ4n) is 6.70. The van der Waals surface area contributed by atoms with Gasteiger partial charge < -0.3 is 0 Å². The largest absolute Gasteiger partial charge is 0.276 e. The van der Waals surface area contributed by atoms with E-state index in [0.717, 1.165) is 72.0 Å². The summed E-state index contributed by atoms with van der Waals surface area (Å²) in [6, 6.07) is 43.5. The molecule has 7 heteroatoms. The first-order valence-electron chi connectivity index (χ1n) is 15.2. The second kappa shape index (κ2) is 9.51. The summed E-state index contributed by atoms with van der Waals surface area (Å²) in [6.07, 6.45) is 3.70. The summed E-state index contributed by atoms with van der Waals surface area (Å²) < 4.78 is 4.27. The van der Waals surface area contributed by atoms with Crippen molar-refractivity contribution in [2.45, 2.75) is 0 Å². The van der Waals surface area contributed by atoms with Gasteiger partial charge in [0.1, 0.15) is 11.0 Å². The Hall–Kier alpha value is -6.47. The van der Waals surface area contributed by atoms with Gasteiger partial charge in [-0.05, 0) is 41.5 Å². The lowest BCUT2D eigenvalue weighted by Gasteiger charge is -2.11. The molecule has 10 rings (SSSR count). The monoisotopic (exact) mass is 589 g/mol. The van der Waals surface area contributed by atoms with E-state index < -0.39 is 0 Å². The van der Waals surface area contributed by atoms with Crippen LogP contribution in [0, 0.1) is 0 Å². The van der Waals surface area contributed by atoms with Gasteiger partial charge in [0.05, 0.1) is 51.2 Å². The van der Waals surface area contributed by atoms with Crippen LogP contribution in [0.25, 0.3) is 88.9 Å². The highest BCUT2D eigenvalue weighted by Gasteiger charge is 2.20. The third-order valence-electron chi connectivity index (χ3n) is 8.80. The molecule has 46 heavy (non-hydrogen) atoms. The number of para-hydroxylation sites is 4. The van der Waals surface area contributed by atoms with Crippen LogP contribution in [0.15, 0.2) is 140 Å². The molecule has 0 radical (unpaired) electrons. The van der Waals surface area contributed by atoms with Crippen molar-refractivity contribution in [3.8, 4) is 28.2 Å². The first kappa shape index (κ1) is 24.9. The number of hydrogen-bond acceptors (Lipinski definition) is 5. The molecule has 10 aromatic rings. The lowest BCUT2D eigenvalue weighted by molar-refractivity contribution is 1.04. The Morgan fingerprint density at radius 3 is 1.89 bits per heavy atom. The molecule has 0 fully saturated rings. The number of rotatable bonds is 3. The van der Waals surface area contributed by atoms with E-state index in [1.807, 2.05) is 54.9 Å². The Balaban J connectivity index is 1.26. The third-order valence-corrected chi connectivity index (χ3v) is 8.80. The first-order valence-corrected chi connectivity index (χ1v) is 15.2. The van der Waals surface area contributed by atoms with E-state index in [-0.39, 0.29) is 0 Å². The lowest BCUT2D eigenvalue weighted by atomic mass is 10.0. The van der Waals surface area contributed by atoms with Gasteiger partial charge in [0.2, 0.25) is 5.78 Å². The van der Waals surface area contributed by atoms with E-state index in [0.29, 0.717) is 16.9 Å². The normalized spacial score (nSPS) is 11.9. The van der Waals surface area contributed by atoms with Gasteiger partial charge in [-0.1, -0.05) is 97.1 Å². The van der Waals surface area contributed by atoms with E-state index in [4.69, 9.17) is 24.9 Å². The molecule has 0 aliphatic rings. The van der Waals surface area contributed by atoms with E-state index in [2.05, 4.69) is 93.9 Å². The Bertz CT molecular complexity index is 2810. The van der Waals surface area contributed by atoms with Gasteiger partial charge in [0.15, 0.2) is 5.82 Å². The van der Waals surface area contributed by atoms with Crippen LogP contribution in [0.1, 0.15) is 0 Å². The number of fused-ring (bicyclic) bond motifs is 11. The van der Waals surface area contributed by atoms with Gasteiger partial charge in [-0.2, -0.15) is 0 Å². The predicted molar refractivity (Wildman–Crippen MR) is 184 cm³/mol. The average Bonchev–Trinajstić information content (AvgIpc) is 3.66. The van der Waals surface area contributed by atoms with Crippen LogP contribution < -0.4 is 0 Å². The zero-order valence-electron chi connectivity index (χ0n) is 24.4. The lowest BCUT2D eigenvalue weighted by Crippen LogP contribution is -2.02. The van der Waals surface area contributed by atoms with Crippen molar-refractivity contribution in [3.05, 3.63) is 140 Å². The van der Waals surface area contributed by atoms with Crippen molar-refractivity contribution >= 4 is 60.7 Å². The second-order valence-electron chi connectivity index (χ2n) is 11.4. The van der Waals surface area contributed by atoms with Crippen molar-refractivity contribution in [1.29, 1.82) is 0 Å². The van der Waals surface area contributed by atoms with E-state index in [1.54, 1.807) is 0 Å². The Morgan fingerprint density at radius 2 is 1.07 bits per heavy atom. The first-order chi connectivity index (χ1) is 22.8. The number of nitrogens with zero attached hydrogens (tertiary/aromatic N) is 7. The van der Waals surface area contributed by atoms with Crippen LogP contribution in [0.5, 0.6) is 0 Å². The van der Waals surface area contributed by atoms with Crippen molar-refractivity contribution in [3.63, 3.8) is 0 Å². The predicted octanol–water partition coefficient (Wildman–Crippen LogP) is 8.80. The molecular formula is C39H23N7. The molecule has 4 heterocycles. The Kier molecular flexibility index (Phi) is 5.15. The summed E-state index contributed by atoms with van der Waals surface area (Å²) in [4.78, 5) is 25.7. The van der Waals surface area contributed by atoms with Crippen molar-refractivity contribution in [2.75, 3.05) is 0 Å². The Labute approximate surface area is 262 Å². The molecular weight excluding hydrogens is 566 g/mol. The number of aromatic nitrogens is 7. The molecule has 0 aliphatic carbocycles. The van der Waals surface area contributed by atoms with Crippen LogP contribution in [0.4, 0.5) is 0 Å². The minimum Gasteiger partial charge on any atom is -0.276 e. The average molecular weight is 590 g/mol. The summed E-state index contributed by atoms with van der Waals surface area (Å²) >= 11 is 0. The highest BCUT2D eigenvalue weighted by Crippen LogP contribution is 2.35. The van der Waals surface area contributed by atoms with E-state index in [9.17, 15) is 0 Å². The summed E-state index contributed by atoms with van der Waals surface area (Å²) in [5.41, 5.74) is 11.1. The molecule has 214 valence electrons. The zero-order valence-corrected chi connectivity index (χ0v) is 24.4. The number of benzene rings is 6. The molecule has 0 aliphatic heterocycles. The number of hydrogen-bond donors (Lipinski definition) is 0. The van der Waals surface area contributed by atoms with Gasteiger partial charge in [0, 0.05) is 16.3 Å². The van der Waals surface area contributed by atoms with Crippen LogP contribution in [-0.2, 0) is 0 Å². The van der Waals surface area contributed by atoms with Crippen molar-refractivity contribution < 1.29 is 0 Å². The van der Waals surface area contributed by atoms with Crippen LogP contribution in [0.3, 0.4) is 0 Å². The summed E-state index contributed by atoms with van der Waals surface area (Å²) in [7, 11) is 0. The van der Waals surface area contributed by atoms with E-state index >= 15 is 0 Å². The third kappa shape index (κ3) is 3.56. The van der Waals surface area contributed by atoms with Gasteiger partial charge in [-0.3, -0.25) is 14.0 Å². The molecule has 0 spiro atoms. The van der Waals surface area contributed by atoms with E-state index in [1.165, 1.54) is 0 Å². The minimum atomic E-state index is 0.670. The minimum absolute atomic E-state index is 0.670.